The molecule has 270 valence electrons. The Morgan fingerprint density at radius 1 is 0.446 bits per heavy atom. The Morgan fingerprint density at radius 3 is 1.64 bits per heavy atom. The standard InChI is InChI=1S/C55H45N/c1-2-39-15-9-12-22-48(39)54-34-37-29-38(35-54)33-53(32-37,36-54)40-25-28-51-47(30-40)45-21-11-14-24-50(45)55(51)49-23-13-10-20-44(49)46-27-26-43(31-52(46)55)56(41-16-5-3-6-17-41)42-18-7-4-8-19-42/h2-28,30-31,37-38H,1,29,32-36H2. The van der Waals surface area contributed by atoms with Gasteiger partial charge in [0.15, 0.2) is 0 Å². The second-order valence-corrected chi connectivity index (χ2v) is 17.7. The molecule has 7 aromatic carbocycles. The van der Waals surface area contributed by atoms with E-state index in [0.29, 0.717) is 0 Å². The maximum Gasteiger partial charge on any atom is 0.0726 e. The molecule has 6 aliphatic carbocycles. The van der Waals surface area contributed by atoms with E-state index >= 15 is 0 Å². The Labute approximate surface area is 331 Å². The Hall–Kier alpha value is -5.92. The van der Waals surface area contributed by atoms with Gasteiger partial charge < -0.3 is 4.90 Å². The third-order valence-corrected chi connectivity index (χ3v) is 14.8. The molecule has 3 unspecified atom stereocenters. The van der Waals surface area contributed by atoms with Crippen molar-refractivity contribution in [2.24, 2.45) is 11.8 Å². The van der Waals surface area contributed by atoms with Crippen LogP contribution in [0.2, 0.25) is 0 Å². The van der Waals surface area contributed by atoms with Crippen LogP contribution in [-0.4, -0.2) is 0 Å². The minimum atomic E-state index is -0.406. The summed E-state index contributed by atoms with van der Waals surface area (Å²) in [5.41, 5.74) is 19.1. The van der Waals surface area contributed by atoms with Crippen LogP contribution in [0.3, 0.4) is 0 Å². The SMILES string of the molecule is C=Cc1ccccc1C12CC3CC(CC(c4ccc5c(c4)-c4ccccc4C54c5ccccc5-c5ccc(N(c6ccccc6)c6ccccc6)cc54)(C3)C1)C2. The number of nitrogens with zero attached hydrogens (tertiary/aromatic N) is 1. The van der Waals surface area contributed by atoms with Crippen molar-refractivity contribution in [3.63, 3.8) is 0 Å². The first-order valence-electron chi connectivity index (χ1n) is 20.7. The summed E-state index contributed by atoms with van der Waals surface area (Å²) >= 11 is 0. The van der Waals surface area contributed by atoms with Crippen molar-refractivity contribution in [1.82, 2.24) is 0 Å². The molecule has 0 aliphatic heterocycles. The van der Waals surface area contributed by atoms with Gasteiger partial charge in [-0.2, -0.15) is 0 Å². The molecule has 1 heteroatoms. The van der Waals surface area contributed by atoms with Crippen molar-refractivity contribution in [1.29, 1.82) is 0 Å². The maximum absolute atomic E-state index is 4.27. The molecule has 1 spiro atoms. The lowest BCUT2D eigenvalue weighted by atomic mass is 9.41. The molecular formula is C55H45N. The van der Waals surface area contributed by atoms with E-state index in [4.69, 9.17) is 0 Å². The van der Waals surface area contributed by atoms with Crippen LogP contribution in [0.1, 0.15) is 77.5 Å². The molecule has 6 aliphatic rings. The lowest BCUT2D eigenvalue weighted by molar-refractivity contribution is -0.0282. The van der Waals surface area contributed by atoms with Gasteiger partial charge in [0.25, 0.3) is 0 Å². The molecule has 56 heavy (non-hydrogen) atoms. The fourth-order valence-electron chi connectivity index (χ4n) is 13.3. The summed E-state index contributed by atoms with van der Waals surface area (Å²) in [6.45, 7) is 4.27. The number of para-hydroxylation sites is 2. The third kappa shape index (κ3) is 4.32. The van der Waals surface area contributed by atoms with Crippen LogP contribution in [0.4, 0.5) is 17.1 Å². The van der Waals surface area contributed by atoms with E-state index in [0.717, 1.165) is 23.2 Å². The maximum atomic E-state index is 4.27. The van der Waals surface area contributed by atoms with Crippen molar-refractivity contribution in [3.05, 3.63) is 215 Å². The average molecular weight is 720 g/mol. The van der Waals surface area contributed by atoms with E-state index in [2.05, 4.69) is 187 Å². The van der Waals surface area contributed by atoms with Crippen molar-refractivity contribution in [3.8, 4) is 22.3 Å². The smallest absolute Gasteiger partial charge is 0.0726 e. The summed E-state index contributed by atoms with van der Waals surface area (Å²) < 4.78 is 0. The van der Waals surface area contributed by atoms with Crippen LogP contribution in [0.25, 0.3) is 28.3 Å². The van der Waals surface area contributed by atoms with Gasteiger partial charge >= 0.3 is 0 Å². The minimum absolute atomic E-state index is 0.197. The number of benzene rings is 7. The van der Waals surface area contributed by atoms with Crippen LogP contribution < -0.4 is 4.90 Å². The minimum Gasteiger partial charge on any atom is -0.310 e. The normalized spacial score (nSPS) is 25.7. The van der Waals surface area contributed by atoms with Crippen LogP contribution in [-0.2, 0) is 16.2 Å². The van der Waals surface area contributed by atoms with E-state index in [9.17, 15) is 0 Å². The van der Waals surface area contributed by atoms with Gasteiger partial charge in [-0.3, -0.25) is 0 Å². The van der Waals surface area contributed by atoms with Crippen LogP contribution in [0, 0.1) is 11.8 Å². The van der Waals surface area contributed by atoms with Crippen molar-refractivity contribution in [2.75, 3.05) is 4.90 Å². The highest BCUT2D eigenvalue weighted by Crippen LogP contribution is 2.68. The van der Waals surface area contributed by atoms with Gasteiger partial charge in [0.1, 0.15) is 0 Å². The second kappa shape index (κ2) is 11.8. The van der Waals surface area contributed by atoms with E-state index in [1.54, 1.807) is 11.1 Å². The first-order chi connectivity index (χ1) is 27.6. The molecule has 3 atom stereocenters. The molecule has 4 bridgehead atoms. The van der Waals surface area contributed by atoms with Crippen molar-refractivity contribution in [2.45, 2.75) is 54.8 Å². The molecule has 0 amide bonds. The predicted molar refractivity (Wildman–Crippen MR) is 232 cm³/mol. The van der Waals surface area contributed by atoms with Crippen molar-refractivity contribution < 1.29 is 0 Å². The van der Waals surface area contributed by atoms with Gasteiger partial charge in [-0.15, -0.1) is 0 Å². The van der Waals surface area contributed by atoms with E-state index in [1.165, 1.54) is 94.3 Å². The highest BCUT2D eigenvalue weighted by Gasteiger charge is 2.59. The van der Waals surface area contributed by atoms with Crippen molar-refractivity contribution >= 4 is 23.1 Å². The quantitative estimate of drug-likeness (QED) is 0.165. The number of fused-ring (bicyclic) bond motifs is 10. The topological polar surface area (TPSA) is 3.24 Å². The van der Waals surface area contributed by atoms with Gasteiger partial charge in [-0.25, -0.2) is 0 Å². The van der Waals surface area contributed by atoms with Crippen LogP contribution >= 0.6 is 0 Å². The fourth-order valence-corrected chi connectivity index (χ4v) is 13.3. The first kappa shape index (κ1) is 32.3. The molecule has 1 nitrogen and oxygen atoms in total. The Bertz CT molecular complexity index is 2650. The molecule has 0 heterocycles. The summed E-state index contributed by atoms with van der Waals surface area (Å²) in [6, 6.07) is 64.4. The summed E-state index contributed by atoms with van der Waals surface area (Å²) in [6.07, 6.45) is 10.0. The van der Waals surface area contributed by atoms with Gasteiger partial charge in [0.05, 0.1) is 5.41 Å². The van der Waals surface area contributed by atoms with E-state index < -0.39 is 5.41 Å². The predicted octanol–water partition coefficient (Wildman–Crippen LogP) is 13.9. The number of anilines is 3. The van der Waals surface area contributed by atoms with Gasteiger partial charge in [-0.1, -0.05) is 146 Å². The zero-order valence-corrected chi connectivity index (χ0v) is 31.8. The van der Waals surface area contributed by atoms with Gasteiger partial charge in [-0.05, 0) is 159 Å². The summed E-state index contributed by atoms with van der Waals surface area (Å²) in [5, 5.41) is 0. The first-order valence-corrected chi connectivity index (χ1v) is 20.7. The van der Waals surface area contributed by atoms with E-state index in [-0.39, 0.29) is 10.8 Å². The summed E-state index contributed by atoms with van der Waals surface area (Å²) in [4.78, 5) is 2.41. The lowest BCUT2D eigenvalue weighted by Crippen LogP contribution is -2.56. The average Bonchev–Trinajstić information content (AvgIpc) is 3.71. The highest BCUT2D eigenvalue weighted by molar-refractivity contribution is 5.96. The monoisotopic (exact) mass is 719 g/mol. The molecule has 0 aromatic heterocycles. The summed E-state index contributed by atoms with van der Waals surface area (Å²) in [7, 11) is 0. The molecule has 0 radical (unpaired) electrons. The summed E-state index contributed by atoms with van der Waals surface area (Å²) in [5.74, 6) is 1.57. The molecule has 7 aromatic rings. The lowest BCUT2D eigenvalue weighted by Gasteiger charge is -2.63. The van der Waals surface area contributed by atoms with Crippen LogP contribution in [0.5, 0.6) is 0 Å². The largest absolute Gasteiger partial charge is 0.310 e. The number of hydrogen-bond donors (Lipinski definition) is 0. The third-order valence-electron chi connectivity index (χ3n) is 14.8. The fraction of sp³-hybridized carbons (Fsp3) is 0.200. The van der Waals surface area contributed by atoms with E-state index in [1.807, 2.05) is 0 Å². The van der Waals surface area contributed by atoms with Gasteiger partial charge in [0, 0.05) is 17.1 Å². The zero-order chi connectivity index (χ0) is 37.1. The van der Waals surface area contributed by atoms with Crippen LogP contribution in [0.15, 0.2) is 176 Å². The van der Waals surface area contributed by atoms with Gasteiger partial charge in [0.2, 0.25) is 0 Å². The molecule has 13 rings (SSSR count). The molecular weight excluding hydrogens is 675 g/mol. The number of hydrogen-bond acceptors (Lipinski definition) is 1. The Balaban J connectivity index is 1.06. The molecule has 0 saturated heterocycles. The molecule has 4 saturated carbocycles. The molecule has 4 fully saturated rings. The Kier molecular flexibility index (Phi) is 6.81. The molecule has 0 N–H and O–H groups in total. The number of rotatable bonds is 6. The zero-order valence-electron chi connectivity index (χ0n) is 31.8. The second-order valence-electron chi connectivity index (χ2n) is 17.7. The highest BCUT2D eigenvalue weighted by atomic mass is 15.1. The Morgan fingerprint density at radius 2 is 0.982 bits per heavy atom.